The molecule has 0 saturated carbocycles. The third kappa shape index (κ3) is 5.17. The molecule has 1 saturated heterocycles. The number of aliphatic hydroxyl groups is 1. The second-order valence-electron chi connectivity index (χ2n) is 8.10. The van der Waals surface area contributed by atoms with Crippen LogP contribution in [-0.4, -0.2) is 74.1 Å². The molecule has 8 heteroatoms. The summed E-state index contributed by atoms with van der Waals surface area (Å²) in [6, 6.07) is 11.3. The molecule has 1 heterocycles. The van der Waals surface area contributed by atoms with Crippen LogP contribution in [0.25, 0.3) is 5.76 Å². The summed E-state index contributed by atoms with van der Waals surface area (Å²) in [5, 5.41) is 11.2. The largest absolute Gasteiger partial charge is 0.507 e. The fourth-order valence-corrected chi connectivity index (χ4v) is 3.93. The van der Waals surface area contributed by atoms with E-state index < -0.39 is 17.7 Å². The number of likely N-dealkylation sites (tertiary alicyclic amines) is 1. The third-order valence-corrected chi connectivity index (χ3v) is 5.55. The average molecular weight is 469 g/mol. The quantitative estimate of drug-likeness (QED) is 0.324. The van der Waals surface area contributed by atoms with Crippen LogP contribution in [0.5, 0.6) is 17.2 Å². The van der Waals surface area contributed by atoms with Crippen LogP contribution < -0.4 is 14.2 Å². The first kappa shape index (κ1) is 25.1. The minimum atomic E-state index is -0.777. The van der Waals surface area contributed by atoms with Gasteiger partial charge in [-0.1, -0.05) is 18.2 Å². The van der Waals surface area contributed by atoms with Crippen LogP contribution >= 0.6 is 0 Å². The zero-order valence-corrected chi connectivity index (χ0v) is 20.3. The Labute approximate surface area is 200 Å². The lowest BCUT2D eigenvalue weighted by molar-refractivity contribution is -0.140. The number of nitrogens with zero attached hydrogens (tertiary/aromatic N) is 2. The summed E-state index contributed by atoms with van der Waals surface area (Å²) in [6.45, 7) is 5.51. The number of ether oxygens (including phenoxy) is 3. The zero-order chi connectivity index (χ0) is 24.8. The second kappa shape index (κ2) is 11.1. The molecule has 3 rings (SSSR count). The normalized spacial score (nSPS) is 17.4. The number of amides is 1. The van der Waals surface area contributed by atoms with Gasteiger partial charge in [0.15, 0.2) is 11.5 Å². The summed E-state index contributed by atoms with van der Waals surface area (Å²) in [6.07, 6.45) is 0. The number of aliphatic hydroxyl groups excluding tert-OH is 1. The van der Waals surface area contributed by atoms with E-state index in [2.05, 4.69) is 0 Å². The SMILES string of the molecule is CCOc1ccc(C2/C(=C(/O)c3cccc(OC)c3)C(=O)C(=O)N2CCN(C)C)cc1OCC. The number of carbonyl (C=O) groups is 2. The molecular formula is C26H32N2O6. The molecule has 8 nitrogen and oxygen atoms in total. The van der Waals surface area contributed by atoms with E-state index >= 15 is 0 Å². The Morgan fingerprint density at radius 2 is 1.74 bits per heavy atom. The van der Waals surface area contributed by atoms with Crippen LogP contribution in [0.15, 0.2) is 48.0 Å². The first-order valence-electron chi connectivity index (χ1n) is 11.3. The molecule has 0 radical (unpaired) electrons. The van der Waals surface area contributed by atoms with E-state index in [0.717, 1.165) is 0 Å². The molecule has 2 aromatic rings. The number of hydrogen-bond acceptors (Lipinski definition) is 7. The maximum absolute atomic E-state index is 13.2. The Bertz CT molecular complexity index is 1080. The van der Waals surface area contributed by atoms with Crippen LogP contribution in [0.4, 0.5) is 0 Å². The lowest BCUT2D eigenvalue weighted by Crippen LogP contribution is -2.35. The number of methoxy groups -OCH3 is 1. The smallest absolute Gasteiger partial charge is 0.295 e. The summed E-state index contributed by atoms with van der Waals surface area (Å²) in [7, 11) is 5.31. The van der Waals surface area contributed by atoms with Gasteiger partial charge in [-0.2, -0.15) is 0 Å². The van der Waals surface area contributed by atoms with E-state index in [1.165, 1.54) is 12.0 Å². The van der Waals surface area contributed by atoms with Crippen molar-refractivity contribution in [3.05, 3.63) is 59.2 Å². The monoisotopic (exact) mass is 468 g/mol. The van der Waals surface area contributed by atoms with Crippen LogP contribution in [0.1, 0.15) is 31.0 Å². The lowest BCUT2D eigenvalue weighted by Gasteiger charge is -2.27. The number of likely N-dealkylation sites (N-methyl/N-ethyl adjacent to an activating group) is 1. The number of benzene rings is 2. The molecule has 0 aromatic heterocycles. The number of ketones is 1. The van der Waals surface area contributed by atoms with Crippen LogP contribution in [0, 0.1) is 0 Å². The minimum Gasteiger partial charge on any atom is -0.507 e. The Morgan fingerprint density at radius 3 is 2.38 bits per heavy atom. The topological polar surface area (TPSA) is 88.5 Å². The van der Waals surface area contributed by atoms with Crippen molar-refractivity contribution in [3.63, 3.8) is 0 Å². The average Bonchev–Trinajstić information content (AvgIpc) is 3.08. The summed E-state index contributed by atoms with van der Waals surface area (Å²) in [5.74, 6) is -0.00443. The van der Waals surface area contributed by atoms with Gasteiger partial charge in [-0.25, -0.2) is 0 Å². The minimum absolute atomic E-state index is 0.0311. The molecule has 0 aliphatic carbocycles. The molecular weight excluding hydrogens is 436 g/mol. The molecule has 182 valence electrons. The van der Waals surface area contributed by atoms with Crippen molar-refractivity contribution in [1.82, 2.24) is 9.80 Å². The molecule has 1 aliphatic heterocycles. The summed E-state index contributed by atoms with van der Waals surface area (Å²) in [5.41, 5.74) is 1.07. The highest BCUT2D eigenvalue weighted by atomic mass is 16.5. The van der Waals surface area contributed by atoms with Gasteiger partial charge >= 0.3 is 0 Å². The van der Waals surface area contributed by atoms with Crippen molar-refractivity contribution >= 4 is 17.4 Å². The molecule has 34 heavy (non-hydrogen) atoms. The number of rotatable bonds is 10. The first-order valence-corrected chi connectivity index (χ1v) is 11.3. The molecule has 1 aliphatic rings. The zero-order valence-electron chi connectivity index (χ0n) is 20.3. The molecule has 1 N–H and O–H groups in total. The van der Waals surface area contributed by atoms with Crippen molar-refractivity contribution in [2.75, 3.05) is 47.5 Å². The van der Waals surface area contributed by atoms with Crippen molar-refractivity contribution in [3.8, 4) is 17.2 Å². The van der Waals surface area contributed by atoms with Gasteiger partial charge < -0.3 is 29.1 Å². The van der Waals surface area contributed by atoms with Crippen molar-refractivity contribution in [2.45, 2.75) is 19.9 Å². The Balaban J connectivity index is 2.18. The second-order valence-corrected chi connectivity index (χ2v) is 8.10. The fraction of sp³-hybridized carbons (Fsp3) is 0.385. The van der Waals surface area contributed by atoms with E-state index in [9.17, 15) is 14.7 Å². The predicted octanol–water partition coefficient (Wildman–Crippen LogP) is 3.48. The highest BCUT2D eigenvalue weighted by Crippen LogP contribution is 2.42. The van der Waals surface area contributed by atoms with Gasteiger partial charge in [0.25, 0.3) is 11.7 Å². The molecule has 0 spiro atoms. The standard InChI is InChI=1S/C26H32N2O6/c1-6-33-20-12-11-17(16-21(20)34-7-2)23-22(24(29)18-9-8-10-19(15-18)32-5)25(30)26(31)28(23)14-13-27(3)4/h8-12,15-16,23,29H,6-7,13-14H2,1-5H3/b24-22-. The molecule has 0 bridgehead atoms. The highest BCUT2D eigenvalue weighted by molar-refractivity contribution is 6.46. The van der Waals surface area contributed by atoms with Crippen molar-refractivity contribution < 1.29 is 28.9 Å². The van der Waals surface area contributed by atoms with Gasteiger partial charge in [0.1, 0.15) is 11.5 Å². The maximum Gasteiger partial charge on any atom is 0.295 e. The Morgan fingerprint density at radius 1 is 1.03 bits per heavy atom. The molecule has 1 atom stereocenters. The Kier molecular flexibility index (Phi) is 8.17. The molecule has 1 amide bonds. The van der Waals surface area contributed by atoms with Crippen LogP contribution in [0.3, 0.4) is 0 Å². The summed E-state index contributed by atoms with van der Waals surface area (Å²) >= 11 is 0. The lowest BCUT2D eigenvalue weighted by atomic mass is 9.95. The van der Waals surface area contributed by atoms with Gasteiger partial charge in [-0.05, 0) is 57.8 Å². The number of carbonyl (C=O) groups excluding carboxylic acids is 2. The predicted molar refractivity (Wildman–Crippen MR) is 129 cm³/mol. The van der Waals surface area contributed by atoms with E-state index in [0.29, 0.717) is 54.7 Å². The highest BCUT2D eigenvalue weighted by Gasteiger charge is 2.46. The first-order chi connectivity index (χ1) is 16.3. The van der Waals surface area contributed by atoms with Crippen molar-refractivity contribution in [2.24, 2.45) is 0 Å². The molecule has 2 aromatic carbocycles. The van der Waals surface area contributed by atoms with Crippen molar-refractivity contribution in [1.29, 1.82) is 0 Å². The number of Topliss-reactive ketones (excluding diaryl/α,β-unsaturated/α-hetero) is 1. The van der Waals surface area contributed by atoms with Crippen LogP contribution in [0.2, 0.25) is 0 Å². The fourth-order valence-electron chi connectivity index (χ4n) is 3.93. The van der Waals surface area contributed by atoms with Gasteiger partial charge in [-0.3, -0.25) is 9.59 Å². The van der Waals surface area contributed by atoms with Gasteiger partial charge in [-0.15, -0.1) is 0 Å². The van der Waals surface area contributed by atoms with E-state index in [4.69, 9.17) is 14.2 Å². The van der Waals surface area contributed by atoms with Gasteiger partial charge in [0.2, 0.25) is 0 Å². The van der Waals surface area contributed by atoms with E-state index in [-0.39, 0.29) is 11.3 Å². The molecule has 1 unspecified atom stereocenters. The van der Waals surface area contributed by atoms with E-state index in [1.54, 1.807) is 42.5 Å². The van der Waals surface area contributed by atoms with Gasteiger partial charge in [0, 0.05) is 18.7 Å². The summed E-state index contributed by atoms with van der Waals surface area (Å²) in [4.78, 5) is 29.7. The van der Waals surface area contributed by atoms with Crippen LogP contribution in [-0.2, 0) is 9.59 Å². The van der Waals surface area contributed by atoms with Gasteiger partial charge in [0.05, 0.1) is 31.9 Å². The molecule has 1 fully saturated rings. The maximum atomic E-state index is 13.2. The number of hydrogen-bond donors (Lipinski definition) is 1. The summed E-state index contributed by atoms with van der Waals surface area (Å²) < 4.78 is 16.7. The third-order valence-electron chi connectivity index (χ3n) is 5.55. The van der Waals surface area contributed by atoms with E-state index in [1.807, 2.05) is 32.8 Å². The Hall–Kier alpha value is -3.52.